The summed E-state index contributed by atoms with van der Waals surface area (Å²) in [5.74, 6) is 0.597. The van der Waals surface area contributed by atoms with Crippen molar-refractivity contribution in [3.8, 4) is 0 Å². The largest absolute Gasteiger partial charge is 0.426 e. The summed E-state index contributed by atoms with van der Waals surface area (Å²) < 4.78 is 43.8. The van der Waals surface area contributed by atoms with Crippen LogP contribution in [-0.2, 0) is 15.4 Å². The summed E-state index contributed by atoms with van der Waals surface area (Å²) >= 11 is 0. The average molecular weight is 359 g/mol. The first-order chi connectivity index (χ1) is 10.9. The first kappa shape index (κ1) is 19.0. The van der Waals surface area contributed by atoms with Crippen LogP contribution in [0.25, 0.3) is 5.76 Å². The lowest BCUT2D eigenvalue weighted by Crippen LogP contribution is -2.56. The molecule has 1 atom stereocenters. The third-order valence-corrected chi connectivity index (χ3v) is 5.08. The average Bonchev–Trinajstić information content (AvgIpc) is 2.72. The van der Waals surface area contributed by atoms with Gasteiger partial charge in [-0.05, 0) is 30.0 Å². The molecule has 0 saturated heterocycles. The van der Waals surface area contributed by atoms with E-state index < -0.39 is 17.3 Å². The molecular weight excluding hydrogens is 335 g/mol. The number of hydroxylamine groups is 2. The van der Waals surface area contributed by atoms with E-state index in [9.17, 15) is 13.2 Å². The van der Waals surface area contributed by atoms with Crippen LogP contribution in [0.15, 0.2) is 29.8 Å². The van der Waals surface area contributed by atoms with Gasteiger partial charge in [-0.15, -0.1) is 5.06 Å². The van der Waals surface area contributed by atoms with E-state index in [0.29, 0.717) is 28.4 Å². The molecule has 0 radical (unpaired) electrons. The van der Waals surface area contributed by atoms with Crippen molar-refractivity contribution in [3.63, 3.8) is 0 Å². The fourth-order valence-corrected chi connectivity index (χ4v) is 3.86. The van der Waals surface area contributed by atoms with Crippen molar-refractivity contribution in [2.45, 2.75) is 39.4 Å². The molecule has 0 fully saturated rings. The number of halogens is 3. The molecule has 2 rings (SSSR count). The van der Waals surface area contributed by atoms with Crippen LogP contribution in [-0.4, -0.2) is 34.7 Å². The molecule has 0 N–H and O–H groups in total. The zero-order chi connectivity index (χ0) is 18.3. The molecule has 0 aliphatic carbocycles. The standard InChI is InChI=1S/C17H24F3NO2Si/c1-11-14(12-6-8-13(9-7-12)17(18,19)20)23-21(5)16(11,10-22-24)15(2,3)4/h6-9H,10H2,1-5,24H3. The number of nitrogens with zero attached hydrogens (tertiary/aromatic N) is 1. The van der Waals surface area contributed by atoms with Gasteiger partial charge in [-0.2, -0.15) is 13.2 Å². The number of rotatable bonds is 3. The van der Waals surface area contributed by atoms with Crippen molar-refractivity contribution in [2.24, 2.45) is 5.41 Å². The Morgan fingerprint density at radius 3 is 2.12 bits per heavy atom. The van der Waals surface area contributed by atoms with Crippen molar-refractivity contribution < 1.29 is 22.4 Å². The van der Waals surface area contributed by atoms with E-state index in [1.54, 1.807) is 5.06 Å². The molecule has 1 aliphatic heterocycles. The van der Waals surface area contributed by atoms with E-state index in [2.05, 4.69) is 20.8 Å². The molecule has 0 saturated carbocycles. The summed E-state index contributed by atoms with van der Waals surface area (Å²) in [7, 11) is 2.44. The highest BCUT2D eigenvalue weighted by molar-refractivity contribution is 5.98. The molecule has 0 aromatic heterocycles. The molecule has 0 spiro atoms. The molecule has 1 aromatic rings. The summed E-state index contributed by atoms with van der Waals surface area (Å²) in [6, 6.07) is 5.07. The van der Waals surface area contributed by atoms with Crippen LogP contribution in [0.4, 0.5) is 13.2 Å². The van der Waals surface area contributed by atoms with E-state index in [0.717, 1.165) is 17.7 Å². The van der Waals surface area contributed by atoms with Gasteiger partial charge in [0.05, 0.1) is 12.2 Å². The van der Waals surface area contributed by atoms with Crippen LogP contribution in [0.5, 0.6) is 0 Å². The maximum atomic E-state index is 12.8. The Bertz CT molecular complexity index is 635. The number of benzene rings is 1. The third kappa shape index (κ3) is 3.00. The molecule has 24 heavy (non-hydrogen) atoms. The van der Waals surface area contributed by atoms with Gasteiger partial charge in [0.25, 0.3) is 0 Å². The van der Waals surface area contributed by atoms with Crippen LogP contribution in [0, 0.1) is 5.41 Å². The quantitative estimate of drug-likeness (QED) is 0.772. The van der Waals surface area contributed by atoms with Crippen molar-refractivity contribution in [2.75, 3.05) is 13.7 Å². The zero-order valence-electron chi connectivity index (χ0n) is 14.9. The first-order valence-corrected chi connectivity index (χ1v) is 8.56. The molecule has 3 nitrogen and oxygen atoms in total. The number of hydrogen-bond acceptors (Lipinski definition) is 3. The van der Waals surface area contributed by atoms with Gasteiger partial charge in [0.2, 0.25) is 0 Å². The van der Waals surface area contributed by atoms with E-state index in [-0.39, 0.29) is 5.41 Å². The fourth-order valence-electron chi connectivity index (χ4n) is 3.45. The van der Waals surface area contributed by atoms with E-state index in [1.165, 1.54) is 12.1 Å². The molecule has 1 unspecified atom stereocenters. The minimum Gasteiger partial charge on any atom is -0.426 e. The third-order valence-electron chi connectivity index (χ3n) is 4.80. The smallest absolute Gasteiger partial charge is 0.416 e. The highest BCUT2D eigenvalue weighted by Gasteiger charge is 2.53. The molecule has 1 aliphatic rings. The number of alkyl halides is 3. The lowest BCUT2D eigenvalue weighted by Gasteiger charge is -2.45. The van der Waals surface area contributed by atoms with Crippen molar-refractivity contribution in [3.05, 3.63) is 41.0 Å². The molecule has 7 heteroatoms. The first-order valence-electron chi connectivity index (χ1n) is 7.75. The monoisotopic (exact) mass is 359 g/mol. The maximum Gasteiger partial charge on any atom is 0.416 e. The lowest BCUT2D eigenvalue weighted by molar-refractivity contribution is -0.157. The predicted molar refractivity (Wildman–Crippen MR) is 91.0 cm³/mol. The Morgan fingerprint density at radius 2 is 1.71 bits per heavy atom. The Hall–Kier alpha value is -1.31. The van der Waals surface area contributed by atoms with E-state index >= 15 is 0 Å². The van der Waals surface area contributed by atoms with Crippen LogP contribution in [0.3, 0.4) is 0 Å². The van der Waals surface area contributed by atoms with Crippen molar-refractivity contribution in [1.29, 1.82) is 0 Å². The van der Waals surface area contributed by atoms with Crippen LogP contribution < -0.4 is 0 Å². The highest BCUT2D eigenvalue weighted by Crippen LogP contribution is 2.49. The lowest BCUT2D eigenvalue weighted by atomic mass is 9.69. The van der Waals surface area contributed by atoms with Gasteiger partial charge >= 0.3 is 6.18 Å². The summed E-state index contributed by atoms with van der Waals surface area (Å²) in [5, 5.41) is 1.77. The molecule has 134 valence electrons. The molecule has 1 heterocycles. The van der Waals surface area contributed by atoms with Gasteiger partial charge in [-0.1, -0.05) is 32.9 Å². The molecule has 1 aromatic carbocycles. The van der Waals surface area contributed by atoms with Crippen LogP contribution >= 0.6 is 0 Å². The topological polar surface area (TPSA) is 21.7 Å². The molecule has 0 amide bonds. The zero-order valence-corrected chi connectivity index (χ0v) is 16.9. The van der Waals surface area contributed by atoms with Gasteiger partial charge in [0.15, 0.2) is 5.76 Å². The maximum absolute atomic E-state index is 12.8. The Kier molecular flexibility index (Phi) is 4.91. The summed E-state index contributed by atoms with van der Waals surface area (Å²) in [5.41, 5.74) is 0.289. The van der Waals surface area contributed by atoms with Gasteiger partial charge in [-0.3, -0.25) is 0 Å². The van der Waals surface area contributed by atoms with E-state index in [1.807, 2.05) is 14.0 Å². The van der Waals surface area contributed by atoms with Crippen molar-refractivity contribution in [1.82, 2.24) is 5.06 Å². The molecular formula is C17H24F3NO2Si. The summed E-state index contributed by atoms with van der Waals surface area (Å²) in [4.78, 5) is 5.95. The van der Waals surface area contributed by atoms with Gasteiger partial charge in [0.1, 0.15) is 16.0 Å². The summed E-state index contributed by atoms with van der Waals surface area (Å²) in [6.45, 7) is 8.75. The minimum absolute atomic E-state index is 0.177. The normalized spacial score (nSPS) is 23.0. The van der Waals surface area contributed by atoms with Gasteiger partial charge in [-0.25, -0.2) is 0 Å². The Labute approximate surface area is 143 Å². The SMILES string of the molecule is CC1=C(c2ccc(C(F)(F)F)cc2)ON(C)C1(CO[SiH3])C(C)(C)C. The van der Waals surface area contributed by atoms with E-state index in [4.69, 9.17) is 9.26 Å². The van der Waals surface area contributed by atoms with Crippen LogP contribution in [0.2, 0.25) is 0 Å². The summed E-state index contributed by atoms with van der Waals surface area (Å²) in [6.07, 6.45) is -4.34. The number of hydrogen-bond donors (Lipinski definition) is 0. The number of likely N-dealkylation sites (N-methyl/N-ethyl adjacent to an activating group) is 1. The fraction of sp³-hybridized carbons (Fsp3) is 0.529. The van der Waals surface area contributed by atoms with Gasteiger partial charge in [0, 0.05) is 12.6 Å². The predicted octanol–water partition coefficient (Wildman–Crippen LogP) is 3.40. The minimum atomic E-state index is -4.34. The second-order valence-corrected chi connectivity index (χ2v) is 7.74. The second-order valence-electron chi connectivity index (χ2n) is 7.16. The highest BCUT2D eigenvalue weighted by atomic mass is 28.2. The van der Waals surface area contributed by atoms with Gasteiger partial charge < -0.3 is 9.26 Å². The van der Waals surface area contributed by atoms with Crippen LogP contribution in [0.1, 0.15) is 38.8 Å². The second kappa shape index (κ2) is 6.20. The Balaban J connectivity index is 2.51. The molecule has 0 bridgehead atoms. The Morgan fingerprint density at radius 1 is 1.17 bits per heavy atom. The van der Waals surface area contributed by atoms with Crippen molar-refractivity contribution >= 4 is 16.2 Å².